The third kappa shape index (κ3) is 5.62. The van der Waals surface area contributed by atoms with Crippen LogP contribution in [0, 0.1) is 11.8 Å². The van der Waals surface area contributed by atoms with Crippen LogP contribution in [0.3, 0.4) is 0 Å². The standard InChI is InChI=1S/C31H37N3O2/c1-23-8-7-17-33(21-23)22-27-11-3-2-10-26(27)20-32-30(35)25-15-18-34(19-16-25)31(36)29-14-6-12-24-9-4-5-13-28(24)29/h2-6,9-14,23,25H,7-8,15-22H2,1H3,(H,32,35). The van der Waals surface area contributed by atoms with Gasteiger partial charge in [0, 0.05) is 44.2 Å². The Morgan fingerprint density at radius 1 is 0.861 bits per heavy atom. The van der Waals surface area contributed by atoms with Crippen molar-refractivity contribution in [2.24, 2.45) is 11.8 Å². The number of hydrogen-bond acceptors (Lipinski definition) is 3. The Kier molecular flexibility index (Phi) is 7.66. The largest absolute Gasteiger partial charge is 0.352 e. The summed E-state index contributed by atoms with van der Waals surface area (Å²) in [5.74, 6) is 0.876. The second-order valence-electron chi connectivity index (χ2n) is 10.6. The van der Waals surface area contributed by atoms with Gasteiger partial charge in [0.25, 0.3) is 5.91 Å². The van der Waals surface area contributed by atoms with Gasteiger partial charge in [-0.3, -0.25) is 14.5 Å². The minimum absolute atomic E-state index is 0.0447. The molecular formula is C31H37N3O2. The molecule has 2 aliphatic rings. The predicted molar refractivity (Wildman–Crippen MR) is 145 cm³/mol. The topological polar surface area (TPSA) is 52.7 Å². The van der Waals surface area contributed by atoms with E-state index < -0.39 is 0 Å². The van der Waals surface area contributed by atoms with E-state index in [4.69, 9.17) is 0 Å². The fourth-order valence-corrected chi connectivity index (χ4v) is 5.81. The van der Waals surface area contributed by atoms with E-state index in [1.54, 1.807) is 0 Å². The fourth-order valence-electron chi connectivity index (χ4n) is 5.81. The zero-order valence-electron chi connectivity index (χ0n) is 21.3. The summed E-state index contributed by atoms with van der Waals surface area (Å²) in [4.78, 5) is 30.7. The zero-order valence-corrected chi connectivity index (χ0v) is 21.3. The summed E-state index contributed by atoms with van der Waals surface area (Å²) in [6.45, 7) is 7.38. The molecule has 0 radical (unpaired) electrons. The highest BCUT2D eigenvalue weighted by Gasteiger charge is 2.28. The second-order valence-corrected chi connectivity index (χ2v) is 10.6. The van der Waals surface area contributed by atoms with E-state index in [0.29, 0.717) is 32.5 Å². The lowest BCUT2D eigenvalue weighted by Crippen LogP contribution is -2.43. The average Bonchev–Trinajstić information content (AvgIpc) is 2.92. The molecule has 2 heterocycles. The van der Waals surface area contributed by atoms with Crippen LogP contribution >= 0.6 is 0 Å². The highest BCUT2D eigenvalue weighted by atomic mass is 16.2. The van der Waals surface area contributed by atoms with Crippen molar-refractivity contribution in [3.05, 3.63) is 83.4 Å². The van der Waals surface area contributed by atoms with E-state index >= 15 is 0 Å². The minimum atomic E-state index is -0.0447. The molecule has 5 nitrogen and oxygen atoms in total. The van der Waals surface area contributed by atoms with Gasteiger partial charge in [-0.2, -0.15) is 0 Å². The zero-order chi connectivity index (χ0) is 24.9. The van der Waals surface area contributed by atoms with E-state index in [1.807, 2.05) is 47.4 Å². The maximum absolute atomic E-state index is 13.2. The number of carbonyl (C=O) groups excluding carboxylic acids is 2. The Morgan fingerprint density at radius 3 is 2.39 bits per heavy atom. The van der Waals surface area contributed by atoms with Gasteiger partial charge < -0.3 is 10.2 Å². The third-order valence-corrected chi connectivity index (χ3v) is 7.88. The molecule has 0 spiro atoms. The molecule has 0 saturated carbocycles. The summed E-state index contributed by atoms with van der Waals surface area (Å²) in [6.07, 6.45) is 3.99. The lowest BCUT2D eigenvalue weighted by Gasteiger charge is -2.32. The quantitative estimate of drug-likeness (QED) is 0.522. The normalized spacial score (nSPS) is 19.4. The Morgan fingerprint density at radius 2 is 1.58 bits per heavy atom. The van der Waals surface area contributed by atoms with Crippen LogP contribution < -0.4 is 5.32 Å². The summed E-state index contributed by atoms with van der Waals surface area (Å²) in [5, 5.41) is 5.26. The molecule has 2 fully saturated rings. The van der Waals surface area contributed by atoms with Gasteiger partial charge >= 0.3 is 0 Å². The van der Waals surface area contributed by atoms with E-state index in [-0.39, 0.29) is 17.7 Å². The first-order chi connectivity index (χ1) is 17.6. The Hall–Kier alpha value is -3.18. The lowest BCUT2D eigenvalue weighted by atomic mass is 9.94. The van der Waals surface area contributed by atoms with Gasteiger partial charge in [-0.25, -0.2) is 0 Å². The monoisotopic (exact) mass is 483 g/mol. The van der Waals surface area contributed by atoms with Crippen LogP contribution in [0.25, 0.3) is 10.8 Å². The van der Waals surface area contributed by atoms with Gasteiger partial charge in [-0.1, -0.05) is 67.6 Å². The number of nitrogens with one attached hydrogen (secondary N) is 1. The molecular weight excluding hydrogens is 446 g/mol. The molecule has 3 aromatic rings. The highest BCUT2D eigenvalue weighted by molar-refractivity contribution is 6.07. The van der Waals surface area contributed by atoms with Crippen LogP contribution in [0.15, 0.2) is 66.7 Å². The van der Waals surface area contributed by atoms with Crippen molar-refractivity contribution in [2.75, 3.05) is 26.2 Å². The number of fused-ring (bicyclic) bond motifs is 1. The molecule has 1 atom stereocenters. The average molecular weight is 484 g/mol. The molecule has 2 saturated heterocycles. The van der Waals surface area contributed by atoms with Gasteiger partial charge in [0.1, 0.15) is 0 Å². The molecule has 36 heavy (non-hydrogen) atoms. The second kappa shape index (κ2) is 11.3. The number of rotatable bonds is 6. The third-order valence-electron chi connectivity index (χ3n) is 7.88. The van der Waals surface area contributed by atoms with Crippen LogP contribution in [0.4, 0.5) is 0 Å². The first-order valence-electron chi connectivity index (χ1n) is 13.4. The first-order valence-corrected chi connectivity index (χ1v) is 13.4. The smallest absolute Gasteiger partial charge is 0.254 e. The van der Waals surface area contributed by atoms with Crippen LogP contribution in [0.1, 0.15) is 54.1 Å². The van der Waals surface area contributed by atoms with Crippen LogP contribution in [0.5, 0.6) is 0 Å². The van der Waals surface area contributed by atoms with E-state index in [2.05, 4.69) is 41.4 Å². The molecule has 1 N–H and O–H groups in total. The molecule has 5 heteroatoms. The summed E-state index contributed by atoms with van der Waals surface area (Å²) in [7, 11) is 0. The van der Waals surface area contributed by atoms with Gasteiger partial charge in [0.2, 0.25) is 5.91 Å². The Balaban J connectivity index is 1.15. The summed E-state index contributed by atoms with van der Waals surface area (Å²) in [6, 6.07) is 22.4. The van der Waals surface area contributed by atoms with E-state index in [9.17, 15) is 9.59 Å². The SMILES string of the molecule is CC1CCCN(Cc2ccccc2CNC(=O)C2CCN(C(=O)c3cccc4ccccc34)CC2)C1. The molecule has 0 aliphatic carbocycles. The molecule has 3 aromatic carbocycles. The number of hydrogen-bond donors (Lipinski definition) is 1. The van der Waals surface area contributed by atoms with Gasteiger partial charge in [0.05, 0.1) is 0 Å². The Labute approximate surface area is 214 Å². The molecule has 2 amide bonds. The first kappa shape index (κ1) is 24.5. The minimum Gasteiger partial charge on any atom is -0.352 e. The van der Waals surface area contributed by atoms with E-state index in [0.717, 1.165) is 41.9 Å². The lowest BCUT2D eigenvalue weighted by molar-refractivity contribution is -0.126. The number of amides is 2. The van der Waals surface area contributed by atoms with Crippen LogP contribution in [-0.2, 0) is 17.9 Å². The van der Waals surface area contributed by atoms with Crippen molar-refractivity contribution in [1.29, 1.82) is 0 Å². The van der Waals surface area contributed by atoms with Crippen molar-refractivity contribution in [1.82, 2.24) is 15.1 Å². The number of carbonyl (C=O) groups is 2. The molecule has 5 rings (SSSR count). The highest BCUT2D eigenvalue weighted by Crippen LogP contribution is 2.24. The molecule has 1 unspecified atom stereocenters. The fraction of sp³-hybridized carbons (Fsp3) is 0.419. The number of likely N-dealkylation sites (tertiary alicyclic amines) is 2. The van der Waals surface area contributed by atoms with Gasteiger partial charge in [0.15, 0.2) is 0 Å². The van der Waals surface area contributed by atoms with E-state index in [1.165, 1.54) is 24.0 Å². The number of benzene rings is 3. The van der Waals surface area contributed by atoms with Crippen molar-refractivity contribution in [3.8, 4) is 0 Å². The predicted octanol–water partition coefficient (Wildman–Crippen LogP) is 5.24. The van der Waals surface area contributed by atoms with Crippen molar-refractivity contribution < 1.29 is 9.59 Å². The molecule has 0 aromatic heterocycles. The summed E-state index contributed by atoms with van der Waals surface area (Å²) in [5.41, 5.74) is 3.26. The molecule has 2 aliphatic heterocycles. The summed E-state index contributed by atoms with van der Waals surface area (Å²) >= 11 is 0. The number of piperidine rings is 2. The van der Waals surface area contributed by atoms with Gasteiger partial charge in [-0.15, -0.1) is 0 Å². The van der Waals surface area contributed by atoms with Crippen molar-refractivity contribution in [3.63, 3.8) is 0 Å². The maximum Gasteiger partial charge on any atom is 0.254 e. The van der Waals surface area contributed by atoms with Gasteiger partial charge in [-0.05, 0) is 66.1 Å². The van der Waals surface area contributed by atoms with Crippen LogP contribution in [0.2, 0.25) is 0 Å². The maximum atomic E-state index is 13.2. The van der Waals surface area contributed by atoms with Crippen molar-refractivity contribution in [2.45, 2.75) is 45.7 Å². The number of nitrogens with zero attached hydrogens (tertiary/aromatic N) is 2. The molecule has 0 bridgehead atoms. The Bertz CT molecular complexity index is 1210. The van der Waals surface area contributed by atoms with Crippen LogP contribution in [-0.4, -0.2) is 47.8 Å². The van der Waals surface area contributed by atoms with Crippen molar-refractivity contribution >= 4 is 22.6 Å². The molecule has 188 valence electrons. The summed E-state index contributed by atoms with van der Waals surface area (Å²) < 4.78 is 0.